The fourth-order valence-corrected chi connectivity index (χ4v) is 4.51. The molecule has 0 amide bonds. The average molecular weight is 305 g/mol. The Bertz CT molecular complexity index is 512. The van der Waals surface area contributed by atoms with Crippen molar-refractivity contribution in [2.75, 3.05) is 0 Å². The highest BCUT2D eigenvalue weighted by molar-refractivity contribution is 7.12. The van der Waals surface area contributed by atoms with E-state index >= 15 is 0 Å². The maximum Gasteiger partial charge on any atom is 0.107 e. The molecule has 1 aliphatic rings. The summed E-state index contributed by atoms with van der Waals surface area (Å²) in [5, 5.41) is 20.5. The smallest absolute Gasteiger partial charge is 0.107 e. The molecule has 1 atom stereocenters. The predicted octanol–water partition coefficient (Wildman–Crippen LogP) is 5.09. The Labute approximate surface area is 132 Å². The van der Waals surface area contributed by atoms with Crippen molar-refractivity contribution in [3.63, 3.8) is 0 Å². The van der Waals surface area contributed by atoms with E-state index in [9.17, 15) is 10.4 Å². The Hall–Kier alpha value is -0.850. The summed E-state index contributed by atoms with van der Waals surface area (Å²) in [6, 6.07) is 6.55. The molecule has 0 saturated heterocycles. The van der Waals surface area contributed by atoms with Gasteiger partial charge < -0.3 is 5.11 Å². The summed E-state index contributed by atoms with van der Waals surface area (Å²) in [6.45, 7) is 8.96. The standard InChI is InChI=1S/C18H27NOS/c1-5-14-6-7-15(21-14)16(20)18(12-19)10-8-13(9-11-18)17(2,3)4/h6-7,13,16,20H,5,8-11H2,1-4H3. The van der Waals surface area contributed by atoms with Gasteiger partial charge in [-0.1, -0.05) is 27.7 Å². The lowest BCUT2D eigenvalue weighted by Gasteiger charge is -2.42. The second kappa shape index (κ2) is 6.10. The minimum Gasteiger partial charge on any atom is -0.386 e. The van der Waals surface area contributed by atoms with Gasteiger partial charge in [0, 0.05) is 9.75 Å². The van der Waals surface area contributed by atoms with E-state index in [0.29, 0.717) is 11.3 Å². The van der Waals surface area contributed by atoms with Crippen molar-refractivity contribution >= 4 is 11.3 Å². The molecule has 21 heavy (non-hydrogen) atoms. The fourth-order valence-electron chi connectivity index (χ4n) is 3.45. The van der Waals surface area contributed by atoms with Crippen molar-refractivity contribution in [1.82, 2.24) is 0 Å². The van der Waals surface area contributed by atoms with Crippen LogP contribution in [0.15, 0.2) is 12.1 Å². The molecule has 3 heteroatoms. The SMILES string of the molecule is CCc1ccc(C(O)C2(C#N)CCC(C(C)(C)C)CC2)s1. The molecule has 0 spiro atoms. The fraction of sp³-hybridized carbons (Fsp3) is 0.722. The number of hydrogen-bond donors (Lipinski definition) is 1. The van der Waals surface area contributed by atoms with Crippen LogP contribution in [0.4, 0.5) is 0 Å². The zero-order chi connectivity index (χ0) is 15.7. The highest BCUT2D eigenvalue weighted by atomic mass is 32.1. The number of hydrogen-bond acceptors (Lipinski definition) is 3. The third kappa shape index (κ3) is 3.33. The van der Waals surface area contributed by atoms with Gasteiger partial charge in [0.25, 0.3) is 0 Å². The summed E-state index contributed by atoms with van der Waals surface area (Å²) in [7, 11) is 0. The maximum atomic E-state index is 10.8. The minimum absolute atomic E-state index is 0.297. The quantitative estimate of drug-likeness (QED) is 0.845. The number of nitrogens with zero attached hydrogens (tertiary/aromatic N) is 1. The number of aliphatic hydroxyl groups is 1. The van der Waals surface area contributed by atoms with E-state index in [0.717, 1.165) is 37.0 Å². The number of thiophene rings is 1. The van der Waals surface area contributed by atoms with E-state index in [-0.39, 0.29) is 0 Å². The first-order valence-electron chi connectivity index (χ1n) is 8.00. The molecule has 1 aromatic heterocycles. The van der Waals surface area contributed by atoms with Crippen molar-refractivity contribution in [2.45, 2.75) is 65.9 Å². The predicted molar refractivity (Wildman–Crippen MR) is 88.1 cm³/mol. The van der Waals surface area contributed by atoms with Crippen molar-refractivity contribution < 1.29 is 5.11 Å². The van der Waals surface area contributed by atoms with E-state index in [1.165, 1.54) is 4.88 Å². The van der Waals surface area contributed by atoms with Crippen LogP contribution in [-0.4, -0.2) is 5.11 Å². The summed E-state index contributed by atoms with van der Waals surface area (Å²) in [6.07, 6.45) is 4.06. The lowest BCUT2D eigenvalue weighted by atomic mass is 9.62. The zero-order valence-electron chi connectivity index (χ0n) is 13.6. The van der Waals surface area contributed by atoms with Gasteiger partial charge in [0.05, 0.1) is 11.5 Å². The first-order valence-corrected chi connectivity index (χ1v) is 8.82. The van der Waals surface area contributed by atoms with Crippen LogP contribution in [0.1, 0.15) is 69.2 Å². The summed E-state index contributed by atoms with van der Waals surface area (Å²) < 4.78 is 0. The first kappa shape index (κ1) is 16.5. The average Bonchev–Trinajstić information content (AvgIpc) is 2.94. The summed E-state index contributed by atoms with van der Waals surface area (Å²) >= 11 is 1.65. The molecule has 1 aromatic rings. The molecule has 0 aliphatic heterocycles. The van der Waals surface area contributed by atoms with Gasteiger partial charge in [-0.05, 0) is 55.6 Å². The molecule has 1 fully saturated rings. The van der Waals surface area contributed by atoms with E-state index in [4.69, 9.17) is 0 Å². The van der Waals surface area contributed by atoms with Gasteiger partial charge in [0.1, 0.15) is 6.10 Å². The molecule has 116 valence electrons. The molecule has 2 nitrogen and oxygen atoms in total. The largest absolute Gasteiger partial charge is 0.386 e. The van der Waals surface area contributed by atoms with E-state index < -0.39 is 11.5 Å². The van der Waals surface area contributed by atoms with Crippen LogP contribution in [0.5, 0.6) is 0 Å². The zero-order valence-corrected chi connectivity index (χ0v) is 14.5. The van der Waals surface area contributed by atoms with E-state index in [1.54, 1.807) is 11.3 Å². The van der Waals surface area contributed by atoms with Gasteiger partial charge in [-0.15, -0.1) is 11.3 Å². The van der Waals surface area contributed by atoms with Gasteiger partial charge in [0.2, 0.25) is 0 Å². The Morgan fingerprint density at radius 2 is 2.00 bits per heavy atom. The van der Waals surface area contributed by atoms with Gasteiger partial charge in [-0.25, -0.2) is 0 Å². The molecular weight excluding hydrogens is 278 g/mol. The Balaban J connectivity index is 2.15. The number of rotatable bonds is 3. The van der Waals surface area contributed by atoms with Crippen molar-refractivity contribution in [3.8, 4) is 6.07 Å². The van der Waals surface area contributed by atoms with Gasteiger partial charge in [0.15, 0.2) is 0 Å². The van der Waals surface area contributed by atoms with Crippen LogP contribution in [-0.2, 0) is 6.42 Å². The molecule has 1 saturated carbocycles. The first-order chi connectivity index (χ1) is 9.82. The highest BCUT2D eigenvalue weighted by Crippen LogP contribution is 2.51. The molecule has 0 radical (unpaired) electrons. The van der Waals surface area contributed by atoms with Crippen molar-refractivity contribution in [2.24, 2.45) is 16.7 Å². The maximum absolute atomic E-state index is 10.8. The number of nitriles is 1. The summed E-state index contributed by atoms with van der Waals surface area (Å²) in [4.78, 5) is 2.24. The van der Waals surface area contributed by atoms with Crippen LogP contribution in [0.2, 0.25) is 0 Å². The molecule has 1 unspecified atom stereocenters. The third-order valence-electron chi connectivity index (χ3n) is 5.15. The van der Waals surface area contributed by atoms with E-state index in [1.807, 2.05) is 6.07 Å². The van der Waals surface area contributed by atoms with Crippen LogP contribution in [0.25, 0.3) is 0 Å². The second-order valence-electron chi connectivity index (χ2n) is 7.47. The number of aliphatic hydroxyl groups excluding tert-OH is 1. The lowest BCUT2D eigenvalue weighted by Crippen LogP contribution is -2.35. The summed E-state index contributed by atoms with van der Waals surface area (Å²) in [5.74, 6) is 0.653. The van der Waals surface area contributed by atoms with Gasteiger partial charge in [-0.3, -0.25) is 0 Å². The molecule has 2 rings (SSSR count). The highest BCUT2D eigenvalue weighted by Gasteiger charge is 2.44. The molecular formula is C18H27NOS. The van der Waals surface area contributed by atoms with Crippen molar-refractivity contribution in [1.29, 1.82) is 5.26 Å². The third-order valence-corrected chi connectivity index (χ3v) is 6.43. The number of aryl methyl sites for hydroxylation is 1. The summed E-state index contributed by atoms with van der Waals surface area (Å²) in [5.41, 5.74) is -0.289. The monoisotopic (exact) mass is 305 g/mol. The molecule has 1 heterocycles. The lowest BCUT2D eigenvalue weighted by molar-refractivity contribution is 0.0105. The Morgan fingerprint density at radius 3 is 2.43 bits per heavy atom. The molecule has 0 bridgehead atoms. The van der Waals surface area contributed by atoms with Gasteiger partial charge >= 0.3 is 0 Å². The Kier molecular flexibility index (Phi) is 4.80. The normalized spacial score (nSPS) is 28.1. The molecule has 1 N–H and O–H groups in total. The van der Waals surface area contributed by atoms with Crippen LogP contribution in [0.3, 0.4) is 0 Å². The topological polar surface area (TPSA) is 44.0 Å². The van der Waals surface area contributed by atoms with Gasteiger partial charge in [-0.2, -0.15) is 5.26 Å². The van der Waals surface area contributed by atoms with Crippen molar-refractivity contribution in [3.05, 3.63) is 21.9 Å². The van der Waals surface area contributed by atoms with Crippen LogP contribution in [0, 0.1) is 28.1 Å². The molecule has 0 aromatic carbocycles. The van der Waals surface area contributed by atoms with Crippen LogP contribution < -0.4 is 0 Å². The minimum atomic E-state index is -0.631. The molecule has 1 aliphatic carbocycles. The second-order valence-corrected chi connectivity index (χ2v) is 8.67. The van der Waals surface area contributed by atoms with Crippen LogP contribution >= 0.6 is 11.3 Å². The van der Waals surface area contributed by atoms with E-state index in [2.05, 4.69) is 39.8 Å². The Morgan fingerprint density at radius 1 is 1.38 bits per heavy atom.